The molecule has 1 aromatic heterocycles. The third kappa shape index (κ3) is 5.45. The van der Waals surface area contributed by atoms with Crippen molar-refractivity contribution in [3.05, 3.63) is 64.0 Å². The quantitative estimate of drug-likeness (QED) is 0.292. The van der Waals surface area contributed by atoms with Crippen LogP contribution in [0, 0.1) is 17.3 Å². The van der Waals surface area contributed by atoms with E-state index in [1.54, 1.807) is 30.5 Å². The van der Waals surface area contributed by atoms with Crippen molar-refractivity contribution in [2.75, 3.05) is 13.7 Å². The van der Waals surface area contributed by atoms with Gasteiger partial charge < -0.3 is 14.6 Å². The lowest BCUT2D eigenvalue weighted by molar-refractivity contribution is -0.139. The van der Waals surface area contributed by atoms with Gasteiger partial charge in [0, 0.05) is 40.5 Å². The van der Waals surface area contributed by atoms with Gasteiger partial charge in [0.05, 0.1) is 25.0 Å². The number of nitrogens with one attached hydrogen (secondary N) is 1. The molecule has 1 aliphatic heterocycles. The molecule has 1 spiro atoms. The van der Waals surface area contributed by atoms with Gasteiger partial charge in [0.15, 0.2) is 0 Å². The predicted molar refractivity (Wildman–Crippen MR) is 157 cm³/mol. The van der Waals surface area contributed by atoms with E-state index in [-0.39, 0.29) is 46.3 Å². The Labute approximate surface area is 248 Å². The molecule has 2 atom stereocenters. The molecule has 41 heavy (non-hydrogen) atoms. The number of esters is 1. The SMILES string of the molecule is CCC(C(=O)N1CC2(CC2)CC1c1ncc(-c2ccc3c(c2)C(F)(F)c2cc(Br)ccc2-3)[nH]1)C(C)C.COC(C)=O. The number of benzene rings is 2. The number of hydrogen-bond donors (Lipinski definition) is 1. The lowest BCUT2D eigenvalue weighted by Gasteiger charge is -2.29. The van der Waals surface area contributed by atoms with Crippen LogP contribution in [0.3, 0.4) is 0 Å². The summed E-state index contributed by atoms with van der Waals surface area (Å²) in [7, 11) is 1.35. The molecular formula is C32H36BrF2N3O3. The van der Waals surface area contributed by atoms with E-state index in [1.807, 2.05) is 11.0 Å². The van der Waals surface area contributed by atoms with E-state index in [1.165, 1.54) is 20.1 Å². The first-order valence-corrected chi connectivity index (χ1v) is 14.9. The highest BCUT2D eigenvalue weighted by Gasteiger charge is 2.55. The smallest absolute Gasteiger partial charge is 0.302 e. The van der Waals surface area contributed by atoms with Crippen LogP contribution in [0.25, 0.3) is 22.4 Å². The maximum atomic E-state index is 15.4. The molecule has 6 rings (SSSR count). The molecule has 2 unspecified atom stereocenters. The molecule has 9 heteroatoms. The fourth-order valence-electron chi connectivity index (χ4n) is 6.23. The molecule has 1 N–H and O–H groups in total. The molecule has 2 aromatic carbocycles. The van der Waals surface area contributed by atoms with Crippen molar-refractivity contribution in [1.29, 1.82) is 0 Å². The van der Waals surface area contributed by atoms with Gasteiger partial charge in [-0.3, -0.25) is 9.59 Å². The van der Waals surface area contributed by atoms with Crippen LogP contribution >= 0.6 is 15.9 Å². The molecular weight excluding hydrogens is 592 g/mol. The second-order valence-electron chi connectivity index (χ2n) is 11.8. The number of carbonyl (C=O) groups is 2. The lowest BCUT2D eigenvalue weighted by Crippen LogP contribution is -2.38. The van der Waals surface area contributed by atoms with Gasteiger partial charge in [0.25, 0.3) is 5.92 Å². The fraction of sp³-hybridized carbons (Fsp3) is 0.469. The Bertz CT molecular complexity index is 1480. The zero-order valence-electron chi connectivity index (χ0n) is 24.1. The first-order chi connectivity index (χ1) is 19.4. The van der Waals surface area contributed by atoms with Crippen molar-refractivity contribution >= 4 is 27.8 Å². The first kappa shape index (κ1) is 29.4. The van der Waals surface area contributed by atoms with Crippen LogP contribution in [0.2, 0.25) is 0 Å². The average Bonchev–Trinajstić information content (AvgIpc) is 3.26. The highest BCUT2D eigenvalue weighted by molar-refractivity contribution is 9.10. The minimum Gasteiger partial charge on any atom is -0.469 e. The number of aromatic nitrogens is 2. The number of aromatic amines is 1. The Kier molecular flexibility index (Phi) is 7.87. The molecule has 1 amide bonds. The van der Waals surface area contributed by atoms with E-state index >= 15 is 8.78 Å². The summed E-state index contributed by atoms with van der Waals surface area (Å²) < 4.78 is 35.5. The molecule has 6 nitrogen and oxygen atoms in total. The lowest BCUT2D eigenvalue weighted by atomic mass is 9.91. The van der Waals surface area contributed by atoms with Crippen LogP contribution in [-0.4, -0.2) is 40.4 Å². The van der Waals surface area contributed by atoms with E-state index in [9.17, 15) is 9.59 Å². The third-order valence-electron chi connectivity index (χ3n) is 8.79. The molecule has 3 aromatic rings. The number of fused-ring (bicyclic) bond motifs is 3. The maximum Gasteiger partial charge on any atom is 0.302 e. The van der Waals surface area contributed by atoms with Crippen molar-refractivity contribution in [2.45, 2.75) is 65.3 Å². The second kappa shape index (κ2) is 11.0. The van der Waals surface area contributed by atoms with Gasteiger partial charge in [-0.05, 0) is 66.3 Å². The number of alkyl halides is 2. The van der Waals surface area contributed by atoms with Gasteiger partial charge >= 0.3 is 5.97 Å². The van der Waals surface area contributed by atoms with Crippen molar-refractivity contribution in [1.82, 2.24) is 14.9 Å². The number of rotatable bonds is 5. The topological polar surface area (TPSA) is 75.3 Å². The van der Waals surface area contributed by atoms with Gasteiger partial charge in [0.1, 0.15) is 5.82 Å². The summed E-state index contributed by atoms with van der Waals surface area (Å²) in [5.74, 6) is -2.07. The van der Waals surface area contributed by atoms with Gasteiger partial charge in [0.2, 0.25) is 5.91 Å². The Hall–Kier alpha value is -3.07. The monoisotopic (exact) mass is 627 g/mol. The first-order valence-electron chi connectivity index (χ1n) is 14.1. The average molecular weight is 629 g/mol. The minimum absolute atomic E-state index is 0.00329. The molecule has 218 valence electrons. The number of likely N-dealkylation sites (tertiary alicyclic amines) is 1. The van der Waals surface area contributed by atoms with E-state index < -0.39 is 5.92 Å². The summed E-state index contributed by atoms with van der Waals surface area (Å²) in [6, 6.07) is 10.2. The van der Waals surface area contributed by atoms with Gasteiger partial charge in [-0.15, -0.1) is 0 Å². The number of halogens is 3. The normalized spacial score (nSPS) is 19.8. The Morgan fingerprint density at radius 1 is 1.15 bits per heavy atom. The standard InChI is InChI=1S/C29H30BrF2N3O.C3H6O2/c1-4-19(16(2)3)27(36)35-15-28(9-10-28)13-25(35)26-33-14-24(34-26)17-5-7-20-21-8-6-18(30)12-23(21)29(31,32)22(20)11-17;1-3(4)5-2/h5-8,11-12,14,16,19,25H,4,9-10,13,15H2,1-3H3,(H,33,34);1-2H3. The summed E-state index contributed by atoms with van der Waals surface area (Å²) >= 11 is 3.32. The fourth-order valence-corrected chi connectivity index (χ4v) is 6.59. The summed E-state index contributed by atoms with van der Waals surface area (Å²) in [5, 5.41) is 0. The highest BCUT2D eigenvalue weighted by Crippen LogP contribution is 2.59. The number of nitrogens with zero attached hydrogens (tertiary/aromatic N) is 2. The van der Waals surface area contributed by atoms with Crippen molar-refractivity contribution < 1.29 is 23.1 Å². The summed E-state index contributed by atoms with van der Waals surface area (Å²) in [6.07, 6.45) is 5.74. The number of H-pyrrole nitrogens is 1. The highest BCUT2D eigenvalue weighted by atomic mass is 79.9. The van der Waals surface area contributed by atoms with Crippen LogP contribution in [0.4, 0.5) is 8.78 Å². The van der Waals surface area contributed by atoms with E-state index in [4.69, 9.17) is 0 Å². The molecule has 2 heterocycles. The van der Waals surface area contributed by atoms with Crippen LogP contribution < -0.4 is 0 Å². The predicted octanol–water partition coefficient (Wildman–Crippen LogP) is 7.87. The largest absolute Gasteiger partial charge is 0.469 e. The zero-order chi connectivity index (χ0) is 29.7. The zero-order valence-corrected chi connectivity index (χ0v) is 25.6. The Morgan fingerprint density at radius 3 is 2.37 bits per heavy atom. The maximum absolute atomic E-state index is 15.4. The van der Waals surface area contributed by atoms with Crippen molar-refractivity contribution in [2.24, 2.45) is 17.3 Å². The van der Waals surface area contributed by atoms with Crippen molar-refractivity contribution in [3.8, 4) is 22.4 Å². The minimum atomic E-state index is -3.06. The molecule has 3 aliphatic rings. The summed E-state index contributed by atoms with van der Waals surface area (Å²) in [4.78, 5) is 33.2. The van der Waals surface area contributed by atoms with Crippen molar-refractivity contribution in [3.63, 3.8) is 0 Å². The number of carbonyl (C=O) groups excluding carboxylic acids is 2. The van der Waals surface area contributed by atoms with Crippen LogP contribution in [0.5, 0.6) is 0 Å². The Morgan fingerprint density at radius 2 is 1.78 bits per heavy atom. The molecule has 2 aliphatic carbocycles. The van der Waals surface area contributed by atoms with Gasteiger partial charge in [-0.1, -0.05) is 54.9 Å². The number of methoxy groups -OCH3 is 1. The number of ether oxygens (including phenoxy) is 1. The third-order valence-corrected chi connectivity index (χ3v) is 9.28. The molecule has 0 bridgehead atoms. The summed E-state index contributed by atoms with van der Waals surface area (Å²) in [6.45, 7) is 8.44. The molecule has 1 saturated carbocycles. The van der Waals surface area contributed by atoms with Crippen LogP contribution in [-0.2, 0) is 20.2 Å². The van der Waals surface area contributed by atoms with Gasteiger partial charge in [-0.25, -0.2) is 4.98 Å². The number of imidazole rings is 1. The van der Waals surface area contributed by atoms with E-state index in [2.05, 4.69) is 51.4 Å². The molecule has 1 saturated heterocycles. The molecule has 0 radical (unpaired) electrons. The second-order valence-corrected chi connectivity index (χ2v) is 12.8. The number of hydrogen-bond acceptors (Lipinski definition) is 4. The Balaban J connectivity index is 0.000000623. The van der Waals surface area contributed by atoms with Crippen LogP contribution in [0.1, 0.15) is 76.4 Å². The van der Waals surface area contributed by atoms with Gasteiger partial charge in [-0.2, -0.15) is 8.78 Å². The summed E-state index contributed by atoms with van der Waals surface area (Å²) in [5.41, 5.74) is 2.76. The van der Waals surface area contributed by atoms with E-state index in [0.717, 1.165) is 38.1 Å². The molecule has 2 fully saturated rings. The van der Waals surface area contributed by atoms with Crippen LogP contribution in [0.15, 0.2) is 47.1 Å². The van der Waals surface area contributed by atoms with E-state index in [0.29, 0.717) is 26.9 Å². The number of amides is 1.